The molecule has 0 fully saturated rings. The van der Waals surface area contributed by atoms with E-state index in [9.17, 15) is 0 Å². The zero-order valence-corrected chi connectivity index (χ0v) is 13.8. The van der Waals surface area contributed by atoms with Crippen LogP contribution in [0.25, 0.3) is 0 Å². The fourth-order valence-corrected chi connectivity index (χ4v) is 3.56. The second-order valence-electron chi connectivity index (χ2n) is 4.81. The maximum absolute atomic E-state index is 5.76. The topological polar surface area (TPSA) is 30.5 Å². The van der Waals surface area contributed by atoms with Crippen molar-refractivity contribution in [2.45, 2.75) is 13.5 Å². The highest BCUT2D eigenvalue weighted by atomic mass is 31.1. The lowest BCUT2D eigenvalue weighted by molar-refractivity contribution is 0.0514. The van der Waals surface area contributed by atoms with Gasteiger partial charge < -0.3 is 14.8 Å². The molecule has 0 aliphatic heterocycles. The molecule has 0 bridgehead atoms. The minimum atomic E-state index is 0.278. The van der Waals surface area contributed by atoms with Crippen LogP contribution in [-0.4, -0.2) is 21.0 Å². The highest BCUT2D eigenvalue weighted by molar-refractivity contribution is 7.55. The van der Waals surface area contributed by atoms with Crippen molar-refractivity contribution in [3.05, 3.63) is 53.6 Å². The van der Waals surface area contributed by atoms with Crippen LogP contribution < -0.4 is 20.7 Å². The first kappa shape index (κ1) is 16.0. The SMILES string of the molecule is CNCc1ccccc1Pc1cccc(C)c1OCOC. The normalized spacial score (nSPS) is 11.2. The summed E-state index contributed by atoms with van der Waals surface area (Å²) in [4.78, 5) is 0. The summed E-state index contributed by atoms with van der Waals surface area (Å²) in [6.07, 6.45) is 0. The number of rotatable bonds is 7. The van der Waals surface area contributed by atoms with E-state index in [4.69, 9.17) is 9.47 Å². The lowest BCUT2D eigenvalue weighted by Gasteiger charge is -2.15. The Morgan fingerprint density at radius 2 is 1.81 bits per heavy atom. The molecule has 3 nitrogen and oxygen atoms in total. The standard InChI is InChI=1S/C17H22NO2P/c1-13-7-6-10-16(17(13)20-12-19-3)21-15-9-5-4-8-14(15)11-18-2/h4-10,18,21H,11-12H2,1-3H3. The second kappa shape index (κ2) is 8.14. The summed E-state index contributed by atoms with van der Waals surface area (Å²) in [5, 5.41) is 5.79. The Morgan fingerprint density at radius 3 is 2.57 bits per heavy atom. The van der Waals surface area contributed by atoms with E-state index in [0.29, 0.717) is 8.58 Å². The first-order chi connectivity index (χ1) is 10.3. The molecule has 0 aromatic heterocycles. The number of para-hydroxylation sites is 1. The minimum absolute atomic E-state index is 0.278. The molecular formula is C17H22NO2P. The quantitative estimate of drug-likeness (QED) is 0.629. The average Bonchev–Trinajstić information content (AvgIpc) is 2.49. The van der Waals surface area contributed by atoms with Crippen molar-refractivity contribution in [1.29, 1.82) is 0 Å². The Bertz CT molecular complexity index is 587. The molecule has 2 aromatic carbocycles. The van der Waals surface area contributed by atoms with Crippen LogP contribution in [-0.2, 0) is 11.3 Å². The monoisotopic (exact) mass is 303 g/mol. The number of ether oxygens (including phenoxy) is 2. The first-order valence-electron chi connectivity index (χ1n) is 6.97. The Labute approximate surface area is 128 Å². The highest BCUT2D eigenvalue weighted by Crippen LogP contribution is 2.24. The molecule has 1 atom stereocenters. The van der Waals surface area contributed by atoms with Crippen molar-refractivity contribution in [2.24, 2.45) is 0 Å². The molecule has 0 spiro atoms. The van der Waals surface area contributed by atoms with Gasteiger partial charge in [-0.2, -0.15) is 0 Å². The Morgan fingerprint density at radius 1 is 1.05 bits per heavy atom. The molecule has 2 aromatic rings. The van der Waals surface area contributed by atoms with Crippen molar-refractivity contribution in [1.82, 2.24) is 5.32 Å². The van der Waals surface area contributed by atoms with Gasteiger partial charge in [0, 0.05) is 19.0 Å². The van der Waals surface area contributed by atoms with Gasteiger partial charge in [-0.1, -0.05) is 51.0 Å². The Kier molecular flexibility index (Phi) is 6.19. The van der Waals surface area contributed by atoms with E-state index in [1.54, 1.807) is 7.11 Å². The summed E-state index contributed by atoms with van der Waals surface area (Å²) in [6, 6.07) is 14.8. The number of hydrogen-bond donors (Lipinski definition) is 1. The number of benzene rings is 2. The van der Waals surface area contributed by atoms with Crippen molar-refractivity contribution in [3.8, 4) is 5.75 Å². The van der Waals surface area contributed by atoms with Gasteiger partial charge in [0.15, 0.2) is 6.79 Å². The predicted molar refractivity (Wildman–Crippen MR) is 90.5 cm³/mol. The number of hydrogen-bond acceptors (Lipinski definition) is 3. The van der Waals surface area contributed by atoms with Gasteiger partial charge in [0.05, 0.1) is 0 Å². The largest absolute Gasteiger partial charge is 0.467 e. The summed E-state index contributed by atoms with van der Waals surface area (Å²) in [5.41, 5.74) is 2.47. The van der Waals surface area contributed by atoms with E-state index in [0.717, 1.165) is 17.9 Å². The second-order valence-corrected chi connectivity index (χ2v) is 6.14. The van der Waals surface area contributed by atoms with Crippen LogP contribution >= 0.6 is 8.58 Å². The minimum Gasteiger partial charge on any atom is -0.467 e. The molecule has 0 aliphatic carbocycles. The summed E-state index contributed by atoms with van der Waals surface area (Å²) in [6.45, 7) is 3.22. The molecule has 0 aliphatic rings. The third kappa shape index (κ3) is 4.28. The summed E-state index contributed by atoms with van der Waals surface area (Å²) < 4.78 is 10.8. The van der Waals surface area contributed by atoms with Gasteiger partial charge in [-0.25, -0.2) is 0 Å². The molecule has 112 valence electrons. The molecule has 0 radical (unpaired) electrons. The fraction of sp³-hybridized carbons (Fsp3) is 0.294. The fourth-order valence-electron chi connectivity index (χ4n) is 2.19. The van der Waals surface area contributed by atoms with Crippen LogP contribution in [0.1, 0.15) is 11.1 Å². The van der Waals surface area contributed by atoms with E-state index in [2.05, 4.69) is 54.7 Å². The zero-order chi connectivity index (χ0) is 15.1. The first-order valence-corrected chi connectivity index (χ1v) is 7.97. The van der Waals surface area contributed by atoms with E-state index >= 15 is 0 Å². The van der Waals surface area contributed by atoms with Crippen LogP contribution in [0.4, 0.5) is 0 Å². The van der Waals surface area contributed by atoms with Gasteiger partial charge in [-0.3, -0.25) is 0 Å². The Hall–Kier alpha value is -1.41. The van der Waals surface area contributed by atoms with Crippen LogP contribution in [0.2, 0.25) is 0 Å². The lowest BCUT2D eigenvalue weighted by atomic mass is 10.2. The van der Waals surface area contributed by atoms with Crippen molar-refractivity contribution in [2.75, 3.05) is 21.0 Å². The summed E-state index contributed by atoms with van der Waals surface area (Å²) >= 11 is 0. The molecule has 4 heteroatoms. The van der Waals surface area contributed by atoms with Crippen molar-refractivity contribution < 1.29 is 9.47 Å². The zero-order valence-electron chi connectivity index (χ0n) is 12.8. The number of nitrogens with one attached hydrogen (secondary N) is 1. The Balaban J connectivity index is 2.29. The third-order valence-electron chi connectivity index (χ3n) is 3.19. The van der Waals surface area contributed by atoms with Gasteiger partial charge in [-0.05, 0) is 30.4 Å². The molecule has 2 rings (SSSR count). The van der Waals surface area contributed by atoms with E-state index in [1.807, 2.05) is 7.05 Å². The van der Waals surface area contributed by atoms with E-state index in [-0.39, 0.29) is 6.79 Å². The van der Waals surface area contributed by atoms with Crippen LogP contribution in [0.5, 0.6) is 5.75 Å². The number of methoxy groups -OCH3 is 1. The van der Waals surface area contributed by atoms with Gasteiger partial charge >= 0.3 is 0 Å². The molecule has 1 N–H and O–H groups in total. The smallest absolute Gasteiger partial charge is 0.188 e. The maximum Gasteiger partial charge on any atom is 0.188 e. The predicted octanol–water partition coefficient (Wildman–Crippen LogP) is 2.33. The molecular weight excluding hydrogens is 281 g/mol. The van der Waals surface area contributed by atoms with Gasteiger partial charge in [0.25, 0.3) is 0 Å². The average molecular weight is 303 g/mol. The maximum atomic E-state index is 5.76. The van der Waals surface area contributed by atoms with Crippen molar-refractivity contribution in [3.63, 3.8) is 0 Å². The molecule has 0 saturated heterocycles. The van der Waals surface area contributed by atoms with Crippen molar-refractivity contribution >= 4 is 19.2 Å². The number of aryl methyl sites for hydroxylation is 1. The van der Waals surface area contributed by atoms with Crippen LogP contribution in [0.15, 0.2) is 42.5 Å². The summed E-state index contributed by atoms with van der Waals surface area (Å²) in [5.74, 6) is 0.942. The van der Waals surface area contributed by atoms with Crippen LogP contribution in [0, 0.1) is 6.92 Å². The molecule has 0 heterocycles. The third-order valence-corrected chi connectivity index (χ3v) is 4.61. The van der Waals surface area contributed by atoms with E-state index in [1.165, 1.54) is 16.2 Å². The molecule has 0 saturated carbocycles. The summed E-state index contributed by atoms with van der Waals surface area (Å²) in [7, 11) is 4.18. The van der Waals surface area contributed by atoms with Crippen LogP contribution in [0.3, 0.4) is 0 Å². The lowest BCUT2D eigenvalue weighted by Crippen LogP contribution is -2.17. The molecule has 1 unspecified atom stereocenters. The van der Waals surface area contributed by atoms with E-state index < -0.39 is 0 Å². The highest BCUT2D eigenvalue weighted by Gasteiger charge is 2.10. The van der Waals surface area contributed by atoms with Gasteiger partial charge in [-0.15, -0.1) is 0 Å². The molecule has 0 amide bonds. The molecule has 21 heavy (non-hydrogen) atoms. The van der Waals surface area contributed by atoms with Gasteiger partial charge in [0.2, 0.25) is 0 Å². The van der Waals surface area contributed by atoms with Gasteiger partial charge in [0.1, 0.15) is 5.75 Å².